The zero-order chi connectivity index (χ0) is 13.5. The van der Waals surface area contributed by atoms with Crippen LogP contribution in [-0.4, -0.2) is 31.5 Å². The Morgan fingerprint density at radius 2 is 2.21 bits per heavy atom. The van der Waals surface area contributed by atoms with Crippen molar-refractivity contribution in [2.24, 2.45) is 5.41 Å². The Morgan fingerprint density at radius 3 is 2.84 bits per heavy atom. The molecule has 3 heteroatoms. The highest BCUT2D eigenvalue weighted by molar-refractivity contribution is 5.49. The third-order valence-electron chi connectivity index (χ3n) is 4.82. The number of ether oxygens (including phenoxy) is 1. The van der Waals surface area contributed by atoms with E-state index in [1.54, 1.807) is 7.11 Å². The summed E-state index contributed by atoms with van der Waals surface area (Å²) >= 11 is 0. The van der Waals surface area contributed by atoms with Crippen LogP contribution < -0.4 is 4.74 Å². The van der Waals surface area contributed by atoms with E-state index in [0.717, 1.165) is 25.2 Å². The summed E-state index contributed by atoms with van der Waals surface area (Å²) < 4.78 is 5.32. The van der Waals surface area contributed by atoms with Gasteiger partial charge in [0.2, 0.25) is 6.41 Å². The zero-order valence-corrected chi connectivity index (χ0v) is 11.7. The van der Waals surface area contributed by atoms with E-state index in [0.29, 0.717) is 11.3 Å². The SMILES string of the molecule is COc1ccc(C2CCC3(C2)CN(C=O)C3)cc1C. The van der Waals surface area contributed by atoms with E-state index >= 15 is 0 Å². The first-order valence-corrected chi connectivity index (χ1v) is 7.00. The van der Waals surface area contributed by atoms with E-state index in [4.69, 9.17) is 4.74 Å². The van der Waals surface area contributed by atoms with Gasteiger partial charge in [0.15, 0.2) is 0 Å². The van der Waals surface area contributed by atoms with E-state index in [1.165, 1.54) is 30.4 Å². The second kappa shape index (κ2) is 4.55. The number of hydrogen-bond acceptors (Lipinski definition) is 2. The highest BCUT2D eigenvalue weighted by Gasteiger charge is 2.47. The third kappa shape index (κ3) is 2.11. The number of aryl methyl sites for hydroxylation is 1. The molecule has 1 spiro atoms. The summed E-state index contributed by atoms with van der Waals surface area (Å²) in [4.78, 5) is 12.6. The topological polar surface area (TPSA) is 29.5 Å². The molecule has 1 atom stereocenters. The molecule has 1 saturated carbocycles. The molecule has 1 aliphatic carbocycles. The minimum Gasteiger partial charge on any atom is -0.496 e. The lowest BCUT2D eigenvalue weighted by molar-refractivity contribution is -0.129. The van der Waals surface area contributed by atoms with E-state index in [1.807, 2.05) is 4.90 Å². The van der Waals surface area contributed by atoms with Crippen LogP contribution >= 0.6 is 0 Å². The van der Waals surface area contributed by atoms with Crippen molar-refractivity contribution in [3.05, 3.63) is 29.3 Å². The Hall–Kier alpha value is -1.51. The summed E-state index contributed by atoms with van der Waals surface area (Å²) in [6, 6.07) is 6.54. The summed E-state index contributed by atoms with van der Waals surface area (Å²) in [5.74, 6) is 1.62. The molecule has 1 aromatic rings. The van der Waals surface area contributed by atoms with Crippen LogP contribution in [0.4, 0.5) is 0 Å². The molecule has 1 aromatic carbocycles. The quantitative estimate of drug-likeness (QED) is 0.781. The summed E-state index contributed by atoms with van der Waals surface area (Å²) in [7, 11) is 1.72. The average Bonchev–Trinajstić information content (AvgIpc) is 2.82. The molecular formula is C16H21NO2. The number of rotatable bonds is 3. The fourth-order valence-electron chi connectivity index (χ4n) is 3.82. The molecule has 1 heterocycles. The van der Waals surface area contributed by atoms with Gasteiger partial charge in [-0.05, 0) is 49.3 Å². The predicted molar refractivity (Wildman–Crippen MR) is 74.4 cm³/mol. The van der Waals surface area contributed by atoms with Gasteiger partial charge in [0.25, 0.3) is 0 Å². The zero-order valence-electron chi connectivity index (χ0n) is 11.7. The molecule has 0 radical (unpaired) electrons. The number of carbonyl (C=O) groups is 1. The summed E-state index contributed by atoms with van der Waals surface area (Å²) in [6.45, 7) is 4.02. The fourth-order valence-corrected chi connectivity index (χ4v) is 3.82. The minimum absolute atomic E-state index is 0.416. The number of hydrogen-bond donors (Lipinski definition) is 0. The molecule has 0 aromatic heterocycles. The van der Waals surface area contributed by atoms with Crippen LogP contribution in [0.25, 0.3) is 0 Å². The van der Waals surface area contributed by atoms with Crippen LogP contribution in [0.2, 0.25) is 0 Å². The average molecular weight is 259 g/mol. The highest BCUT2D eigenvalue weighted by Crippen LogP contribution is 2.51. The Labute approximate surface area is 114 Å². The third-order valence-corrected chi connectivity index (χ3v) is 4.82. The number of benzene rings is 1. The van der Waals surface area contributed by atoms with Gasteiger partial charge in [0.1, 0.15) is 5.75 Å². The molecule has 1 unspecified atom stereocenters. The number of likely N-dealkylation sites (tertiary alicyclic amines) is 1. The van der Waals surface area contributed by atoms with E-state index in [9.17, 15) is 4.79 Å². The Morgan fingerprint density at radius 1 is 1.42 bits per heavy atom. The van der Waals surface area contributed by atoms with Gasteiger partial charge in [0, 0.05) is 18.5 Å². The molecule has 1 amide bonds. The second-order valence-electron chi connectivity index (χ2n) is 6.18. The molecule has 0 bridgehead atoms. The van der Waals surface area contributed by atoms with Gasteiger partial charge in [-0.1, -0.05) is 12.1 Å². The van der Waals surface area contributed by atoms with E-state index < -0.39 is 0 Å². The maximum absolute atomic E-state index is 10.7. The molecule has 2 aliphatic rings. The van der Waals surface area contributed by atoms with Gasteiger partial charge in [0.05, 0.1) is 7.11 Å². The number of nitrogens with zero attached hydrogens (tertiary/aromatic N) is 1. The Kier molecular flexibility index (Phi) is 3.00. The van der Waals surface area contributed by atoms with Crippen LogP contribution in [0.1, 0.15) is 36.3 Å². The highest BCUT2D eigenvalue weighted by atomic mass is 16.5. The fraction of sp³-hybridized carbons (Fsp3) is 0.562. The van der Waals surface area contributed by atoms with Crippen molar-refractivity contribution in [3.63, 3.8) is 0 Å². The Balaban J connectivity index is 1.71. The first kappa shape index (κ1) is 12.5. The van der Waals surface area contributed by atoms with Crippen LogP contribution in [0.15, 0.2) is 18.2 Å². The van der Waals surface area contributed by atoms with Crippen LogP contribution in [0.3, 0.4) is 0 Å². The molecule has 19 heavy (non-hydrogen) atoms. The van der Waals surface area contributed by atoms with Gasteiger partial charge >= 0.3 is 0 Å². The first-order chi connectivity index (χ1) is 9.15. The van der Waals surface area contributed by atoms with Crippen molar-refractivity contribution < 1.29 is 9.53 Å². The first-order valence-electron chi connectivity index (χ1n) is 7.00. The minimum atomic E-state index is 0.416. The summed E-state index contributed by atoms with van der Waals surface area (Å²) in [5, 5.41) is 0. The number of methoxy groups -OCH3 is 1. The normalized spacial score (nSPS) is 24.3. The van der Waals surface area contributed by atoms with Crippen LogP contribution in [-0.2, 0) is 4.79 Å². The van der Waals surface area contributed by atoms with Gasteiger partial charge in [-0.25, -0.2) is 0 Å². The van der Waals surface area contributed by atoms with Gasteiger partial charge in [-0.15, -0.1) is 0 Å². The number of carbonyl (C=O) groups excluding carboxylic acids is 1. The van der Waals surface area contributed by atoms with E-state index in [2.05, 4.69) is 25.1 Å². The van der Waals surface area contributed by atoms with Crippen molar-refractivity contribution in [2.45, 2.75) is 32.1 Å². The molecule has 0 N–H and O–H groups in total. The molecule has 3 nitrogen and oxygen atoms in total. The molecule has 1 aliphatic heterocycles. The van der Waals surface area contributed by atoms with Crippen molar-refractivity contribution in [3.8, 4) is 5.75 Å². The lowest BCUT2D eigenvalue weighted by Crippen LogP contribution is -2.54. The molecular weight excluding hydrogens is 238 g/mol. The maximum atomic E-state index is 10.7. The monoisotopic (exact) mass is 259 g/mol. The lowest BCUT2D eigenvalue weighted by Gasteiger charge is -2.46. The molecule has 2 fully saturated rings. The van der Waals surface area contributed by atoms with Gasteiger partial charge in [-0.2, -0.15) is 0 Å². The van der Waals surface area contributed by atoms with Crippen molar-refractivity contribution in [2.75, 3.05) is 20.2 Å². The van der Waals surface area contributed by atoms with Crippen molar-refractivity contribution in [1.82, 2.24) is 4.90 Å². The Bertz CT molecular complexity index is 492. The number of amides is 1. The summed E-state index contributed by atoms with van der Waals surface area (Å²) in [5.41, 5.74) is 3.06. The molecule has 3 rings (SSSR count). The van der Waals surface area contributed by atoms with Crippen molar-refractivity contribution in [1.29, 1.82) is 0 Å². The maximum Gasteiger partial charge on any atom is 0.209 e. The van der Waals surface area contributed by atoms with Gasteiger partial charge in [-0.3, -0.25) is 4.79 Å². The molecule has 102 valence electrons. The van der Waals surface area contributed by atoms with Crippen LogP contribution in [0, 0.1) is 12.3 Å². The van der Waals surface area contributed by atoms with Gasteiger partial charge < -0.3 is 9.64 Å². The smallest absolute Gasteiger partial charge is 0.209 e. The second-order valence-corrected chi connectivity index (χ2v) is 6.18. The van der Waals surface area contributed by atoms with E-state index in [-0.39, 0.29) is 0 Å². The van der Waals surface area contributed by atoms with Crippen LogP contribution in [0.5, 0.6) is 5.75 Å². The largest absolute Gasteiger partial charge is 0.496 e. The summed E-state index contributed by atoms with van der Waals surface area (Å²) in [6.07, 6.45) is 4.71. The predicted octanol–water partition coefficient (Wildman–Crippen LogP) is 2.73. The standard InChI is InChI=1S/C16H21NO2/c1-12-7-13(3-4-15(12)19-2)14-5-6-16(8-14)9-17(10-16)11-18/h3-4,7,11,14H,5-6,8-10H2,1-2H3. The molecule has 1 saturated heterocycles. The van der Waals surface area contributed by atoms with Crippen molar-refractivity contribution >= 4 is 6.41 Å². The lowest BCUT2D eigenvalue weighted by atomic mass is 9.77.